The van der Waals surface area contributed by atoms with Crippen molar-refractivity contribution in [3.8, 4) is 0 Å². The fourth-order valence-corrected chi connectivity index (χ4v) is 2.22. The van der Waals surface area contributed by atoms with Gasteiger partial charge in [0.25, 0.3) is 0 Å². The molecule has 0 aromatic heterocycles. The molecule has 1 amide bonds. The zero-order valence-corrected chi connectivity index (χ0v) is 9.54. The molecule has 4 nitrogen and oxygen atoms in total. The van der Waals surface area contributed by atoms with E-state index in [2.05, 4.69) is 0 Å². The maximum Gasteiger partial charge on any atom is 0.306 e. The second kappa shape index (κ2) is 5.35. The van der Waals surface area contributed by atoms with Gasteiger partial charge in [0.15, 0.2) is 0 Å². The summed E-state index contributed by atoms with van der Waals surface area (Å²) >= 11 is 5.50. The van der Waals surface area contributed by atoms with Crippen LogP contribution in [-0.2, 0) is 9.59 Å². The summed E-state index contributed by atoms with van der Waals surface area (Å²) < 4.78 is 0. The van der Waals surface area contributed by atoms with Crippen molar-refractivity contribution < 1.29 is 14.7 Å². The van der Waals surface area contributed by atoms with E-state index >= 15 is 0 Å². The molecule has 1 aliphatic heterocycles. The number of amides is 1. The number of aliphatic carboxylic acids is 1. The van der Waals surface area contributed by atoms with Gasteiger partial charge in [0.2, 0.25) is 5.91 Å². The van der Waals surface area contributed by atoms with Crippen LogP contribution in [0.5, 0.6) is 0 Å². The third-order valence-corrected chi connectivity index (χ3v) is 3.20. The fourth-order valence-electron chi connectivity index (χ4n) is 2.07. The summed E-state index contributed by atoms with van der Waals surface area (Å²) in [6, 6.07) is 0.0334. The quantitative estimate of drug-likeness (QED) is 0.749. The van der Waals surface area contributed by atoms with Crippen LogP contribution in [0.2, 0.25) is 0 Å². The molecule has 1 fully saturated rings. The number of carboxylic acids is 1. The molecule has 0 bridgehead atoms. The first kappa shape index (κ1) is 12.3. The molecule has 2 atom stereocenters. The molecule has 2 unspecified atom stereocenters. The predicted octanol–water partition coefficient (Wildman–Crippen LogP) is 1.33. The largest absolute Gasteiger partial charge is 0.481 e. The van der Waals surface area contributed by atoms with Crippen LogP contribution < -0.4 is 0 Å². The number of carboxylic acid groups (broad SMARTS) is 1. The van der Waals surface area contributed by atoms with Gasteiger partial charge in [-0.1, -0.05) is 6.92 Å². The van der Waals surface area contributed by atoms with Crippen molar-refractivity contribution in [2.45, 2.75) is 32.2 Å². The number of carbonyl (C=O) groups excluding carboxylic acids is 1. The molecule has 0 aromatic rings. The second-order valence-corrected chi connectivity index (χ2v) is 4.11. The molecule has 0 saturated carbocycles. The Balaban J connectivity index is 2.64. The van der Waals surface area contributed by atoms with Crippen molar-refractivity contribution in [3.05, 3.63) is 0 Å². The van der Waals surface area contributed by atoms with E-state index in [9.17, 15) is 9.59 Å². The minimum Gasteiger partial charge on any atom is -0.481 e. The van der Waals surface area contributed by atoms with Crippen LogP contribution in [0.3, 0.4) is 0 Å². The van der Waals surface area contributed by atoms with Crippen molar-refractivity contribution in [2.24, 2.45) is 5.92 Å². The smallest absolute Gasteiger partial charge is 0.306 e. The lowest BCUT2D eigenvalue weighted by Gasteiger charge is -2.37. The Hall–Kier alpha value is -0.770. The normalized spacial score (nSPS) is 26.4. The lowest BCUT2D eigenvalue weighted by Crippen LogP contribution is -2.47. The van der Waals surface area contributed by atoms with Crippen molar-refractivity contribution in [1.82, 2.24) is 4.90 Å². The lowest BCUT2D eigenvalue weighted by molar-refractivity contribution is -0.147. The first-order chi connectivity index (χ1) is 7.10. The first-order valence-electron chi connectivity index (χ1n) is 5.18. The average Bonchev–Trinajstić information content (AvgIpc) is 2.27. The van der Waals surface area contributed by atoms with Crippen molar-refractivity contribution >= 4 is 23.5 Å². The molecule has 0 aliphatic carbocycles. The topological polar surface area (TPSA) is 57.6 Å². The molecular formula is C10H16ClNO3. The van der Waals surface area contributed by atoms with E-state index in [0.29, 0.717) is 19.4 Å². The molecule has 86 valence electrons. The molecule has 0 spiro atoms. The van der Waals surface area contributed by atoms with E-state index in [1.54, 1.807) is 4.90 Å². The monoisotopic (exact) mass is 233 g/mol. The van der Waals surface area contributed by atoms with Crippen LogP contribution in [0.15, 0.2) is 0 Å². The highest BCUT2D eigenvalue weighted by Gasteiger charge is 2.33. The number of nitrogens with zero attached hydrogens (tertiary/aromatic N) is 1. The summed E-state index contributed by atoms with van der Waals surface area (Å²) in [5.74, 6) is -1.18. The van der Waals surface area contributed by atoms with Gasteiger partial charge in [0.05, 0.1) is 5.92 Å². The number of piperidine rings is 1. The van der Waals surface area contributed by atoms with Gasteiger partial charge >= 0.3 is 5.97 Å². The third-order valence-electron chi connectivity index (χ3n) is 2.97. The molecule has 1 aliphatic rings. The van der Waals surface area contributed by atoms with Gasteiger partial charge in [-0.05, 0) is 19.3 Å². The van der Waals surface area contributed by atoms with Crippen molar-refractivity contribution in [1.29, 1.82) is 0 Å². The average molecular weight is 234 g/mol. The van der Waals surface area contributed by atoms with Gasteiger partial charge in [0, 0.05) is 12.6 Å². The van der Waals surface area contributed by atoms with Gasteiger partial charge in [-0.3, -0.25) is 9.59 Å². The predicted molar refractivity (Wildman–Crippen MR) is 56.9 cm³/mol. The zero-order valence-electron chi connectivity index (χ0n) is 8.78. The van der Waals surface area contributed by atoms with Crippen molar-refractivity contribution in [3.63, 3.8) is 0 Å². The summed E-state index contributed by atoms with van der Waals surface area (Å²) in [4.78, 5) is 24.0. The maximum atomic E-state index is 11.5. The van der Waals surface area contributed by atoms with Crippen LogP contribution in [0, 0.1) is 5.92 Å². The van der Waals surface area contributed by atoms with Gasteiger partial charge in [-0.25, -0.2) is 0 Å². The molecular weight excluding hydrogens is 218 g/mol. The molecule has 1 rings (SSSR count). The number of likely N-dealkylation sites (tertiary alicyclic amines) is 1. The highest BCUT2D eigenvalue weighted by Crippen LogP contribution is 2.25. The Morgan fingerprint density at radius 1 is 1.53 bits per heavy atom. The van der Waals surface area contributed by atoms with E-state index in [1.165, 1.54) is 0 Å². The summed E-state index contributed by atoms with van der Waals surface area (Å²) in [7, 11) is 0. The highest BCUT2D eigenvalue weighted by atomic mass is 35.5. The fraction of sp³-hybridized carbons (Fsp3) is 0.800. The number of alkyl halides is 1. The van der Waals surface area contributed by atoms with Crippen LogP contribution in [-0.4, -0.2) is 40.3 Å². The van der Waals surface area contributed by atoms with Crippen LogP contribution in [0.1, 0.15) is 26.2 Å². The van der Waals surface area contributed by atoms with E-state index < -0.39 is 5.97 Å². The molecule has 5 heteroatoms. The van der Waals surface area contributed by atoms with Gasteiger partial charge in [0.1, 0.15) is 5.88 Å². The molecule has 0 radical (unpaired) electrons. The third kappa shape index (κ3) is 2.84. The van der Waals surface area contributed by atoms with E-state index in [0.717, 1.165) is 6.42 Å². The first-order valence-corrected chi connectivity index (χ1v) is 5.71. The molecule has 15 heavy (non-hydrogen) atoms. The Morgan fingerprint density at radius 2 is 2.20 bits per heavy atom. The highest BCUT2D eigenvalue weighted by molar-refractivity contribution is 6.27. The minimum absolute atomic E-state index is 0.0196. The Morgan fingerprint density at radius 3 is 2.67 bits per heavy atom. The Kier molecular flexibility index (Phi) is 4.39. The number of carbonyl (C=O) groups is 2. The Labute approximate surface area is 94.2 Å². The number of halogens is 1. The SMILES string of the molecule is CCC1CC(C(=O)O)CCN1C(=O)CCl. The summed E-state index contributed by atoms with van der Waals surface area (Å²) in [5, 5.41) is 8.90. The summed E-state index contributed by atoms with van der Waals surface area (Å²) in [6.45, 7) is 2.48. The van der Waals surface area contributed by atoms with Crippen LogP contribution >= 0.6 is 11.6 Å². The number of rotatable bonds is 3. The number of hydrogen-bond donors (Lipinski definition) is 1. The van der Waals surface area contributed by atoms with E-state index in [-0.39, 0.29) is 23.7 Å². The standard InChI is InChI=1S/C10H16ClNO3/c1-2-8-5-7(10(14)15)3-4-12(8)9(13)6-11/h7-8H,2-6H2,1H3,(H,14,15). The second-order valence-electron chi connectivity index (χ2n) is 3.84. The van der Waals surface area contributed by atoms with Crippen LogP contribution in [0.25, 0.3) is 0 Å². The van der Waals surface area contributed by atoms with E-state index in [1.807, 2.05) is 6.92 Å². The van der Waals surface area contributed by atoms with Gasteiger partial charge in [-0.15, -0.1) is 11.6 Å². The maximum absolute atomic E-state index is 11.5. The van der Waals surface area contributed by atoms with Crippen molar-refractivity contribution in [2.75, 3.05) is 12.4 Å². The lowest BCUT2D eigenvalue weighted by atomic mass is 9.89. The van der Waals surface area contributed by atoms with Crippen LogP contribution in [0.4, 0.5) is 0 Å². The van der Waals surface area contributed by atoms with Gasteiger partial charge in [-0.2, -0.15) is 0 Å². The molecule has 1 heterocycles. The summed E-state index contributed by atoms with van der Waals surface area (Å²) in [6.07, 6.45) is 1.87. The summed E-state index contributed by atoms with van der Waals surface area (Å²) in [5.41, 5.74) is 0. The number of hydrogen-bond acceptors (Lipinski definition) is 2. The molecule has 0 aromatic carbocycles. The molecule has 1 saturated heterocycles. The van der Waals surface area contributed by atoms with Gasteiger partial charge < -0.3 is 10.0 Å². The molecule has 1 N–H and O–H groups in total. The minimum atomic E-state index is -0.758. The zero-order chi connectivity index (χ0) is 11.4. The van der Waals surface area contributed by atoms with E-state index in [4.69, 9.17) is 16.7 Å². The Bertz CT molecular complexity index is 257.